The molecule has 1 amide bonds. The summed E-state index contributed by atoms with van der Waals surface area (Å²) in [5.41, 5.74) is 1.60. The minimum absolute atomic E-state index is 0.0272. The van der Waals surface area contributed by atoms with Crippen molar-refractivity contribution in [1.82, 2.24) is 0 Å². The topological polar surface area (TPSA) is 87.5 Å². The molecule has 0 fully saturated rings. The highest BCUT2D eigenvalue weighted by molar-refractivity contribution is 7.92. The van der Waals surface area contributed by atoms with Gasteiger partial charge in [-0.3, -0.25) is 9.69 Å². The van der Waals surface area contributed by atoms with Gasteiger partial charge in [0, 0.05) is 5.56 Å². The van der Waals surface area contributed by atoms with Crippen LogP contribution in [0.1, 0.15) is 41.3 Å². The van der Waals surface area contributed by atoms with Crippen LogP contribution in [0.2, 0.25) is 0 Å². The second-order valence-corrected chi connectivity index (χ2v) is 8.29. The predicted molar refractivity (Wildman–Crippen MR) is 97.1 cm³/mol. The lowest BCUT2D eigenvalue weighted by molar-refractivity contribution is 0.0991. The van der Waals surface area contributed by atoms with Crippen LogP contribution in [0.25, 0.3) is 0 Å². The van der Waals surface area contributed by atoms with E-state index < -0.39 is 21.6 Å². The van der Waals surface area contributed by atoms with E-state index in [9.17, 15) is 18.5 Å². The van der Waals surface area contributed by atoms with Crippen molar-refractivity contribution >= 4 is 21.4 Å². The van der Waals surface area contributed by atoms with Gasteiger partial charge < -0.3 is 4.74 Å². The maximum atomic E-state index is 13.1. The van der Waals surface area contributed by atoms with Gasteiger partial charge in [0.2, 0.25) is 0 Å². The summed E-state index contributed by atoms with van der Waals surface area (Å²) in [6.07, 6.45) is 0. The van der Waals surface area contributed by atoms with Gasteiger partial charge in [0.1, 0.15) is 17.7 Å². The van der Waals surface area contributed by atoms with E-state index in [1.54, 1.807) is 24.3 Å². The molecule has 0 saturated carbocycles. The molecule has 134 valence electrons. The maximum Gasteiger partial charge on any atom is 0.259 e. The van der Waals surface area contributed by atoms with Crippen molar-refractivity contribution in [2.24, 2.45) is 0 Å². The molecule has 0 aliphatic carbocycles. The predicted octanol–water partition coefficient (Wildman–Crippen LogP) is 3.08. The molecule has 7 heteroatoms. The van der Waals surface area contributed by atoms with Crippen LogP contribution in [0, 0.1) is 11.3 Å². The van der Waals surface area contributed by atoms with Gasteiger partial charge in [-0.2, -0.15) is 5.26 Å². The van der Waals surface area contributed by atoms with E-state index >= 15 is 0 Å². The average Bonchev–Trinajstić information content (AvgIpc) is 2.91. The van der Waals surface area contributed by atoms with Crippen molar-refractivity contribution in [3.8, 4) is 11.8 Å². The molecule has 1 aliphatic rings. The van der Waals surface area contributed by atoms with E-state index in [1.807, 2.05) is 19.9 Å². The highest BCUT2D eigenvalue weighted by Crippen LogP contribution is 2.36. The van der Waals surface area contributed by atoms with Crippen LogP contribution in [0.15, 0.2) is 41.3 Å². The fourth-order valence-electron chi connectivity index (χ4n) is 3.09. The number of sulfone groups is 1. The molecule has 0 N–H and O–H groups in total. The number of anilines is 1. The molecule has 2 aromatic rings. The fraction of sp³-hybridized carbons (Fsp3) is 0.263. The number of ether oxygens (including phenoxy) is 1. The first-order chi connectivity index (χ1) is 12.3. The lowest BCUT2D eigenvalue weighted by Crippen LogP contribution is -2.30. The molecule has 1 heterocycles. The van der Waals surface area contributed by atoms with Crippen LogP contribution in [0.4, 0.5) is 5.69 Å². The number of hydrogen-bond donors (Lipinski definition) is 0. The van der Waals surface area contributed by atoms with Crippen molar-refractivity contribution < 1.29 is 17.9 Å². The molecular weight excluding hydrogens is 352 g/mol. The molecule has 3 rings (SSSR count). The van der Waals surface area contributed by atoms with Crippen LogP contribution in [0.5, 0.6) is 5.75 Å². The molecule has 0 atom stereocenters. The number of hydrogen-bond acceptors (Lipinski definition) is 5. The number of fused-ring (bicyclic) bond motifs is 1. The summed E-state index contributed by atoms with van der Waals surface area (Å²) >= 11 is 0. The Morgan fingerprint density at radius 1 is 1.27 bits per heavy atom. The minimum Gasteiger partial charge on any atom is -0.495 e. The average molecular weight is 370 g/mol. The van der Waals surface area contributed by atoms with Crippen molar-refractivity contribution in [2.45, 2.75) is 24.7 Å². The summed E-state index contributed by atoms with van der Waals surface area (Å²) in [6.45, 7) is 3.87. The zero-order valence-electron chi connectivity index (χ0n) is 14.7. The van der Waals surface area contributed by atoms with E-state index in [4.69, 9.17) is 4.74 Å². The number of benzene rings is 2. The monoisotopic (exact) mass is 370 g/mol. The van der Waals surface area contributed by atoms with E-state index in [2.05, 4.69) is 0 Å². The lowest BCUT2D eigenvalue weighted by Gasteiger charge is -2.19. The van der Waals surface area contributed by atoms with Crippen LogP contribution in [0.3, 0.4) is 0 Å². The number of amides is 1. The van der Waals surface area contributed by atoms with E-state index in [0.29, 0.717) is 11.4 Å². The standard InChI is InChI=1S/C19H18N2O4S/c1-12(2)15-9-13(8-14(10-20)18(15)25-3)19(22)21-11-26(23,24)17-7-5-4-6-16(17)21/h4-9,12H,11H2,1-3H3. The largest absolute Gasteiger partial charge is 0.495 e. The van der Waals surface area contributed by atoms with Crippen molar-refractivity contribution in [1.29, 1.82) is 5.26 Å². The molecule has 1 aliphatic heterocycles. The Bertz CT molecular complexity index is 1040. The molecule has 6 nitrogen and oxygen atoms in total. The summed E-state index contributed by atoms with van der Waals surface area (Å²) in [5.74, 6) is -0.400. The van der Waals surface area contributed by atoms with Gasteiger partial charge in [-0.25, -0.2) is 8.42 Å². The van der Waals surface area contributed by atoms with Crippen LogP contribution >= 0.6 is 0 Å². The van der Waals surface area contributed by atoms with Gasteiger partial charge in [-0.1, -0.05) is 26.0 Å². The molecule has 0 saturated heterocycles. The SMILES string of the molecule is COc1c(C#N)cc(C(=O)N2CS(=O)(=O)c3ccccc32)cc1C(C)C. The van der Waals surface area contributed by atoms with Crippen molar-refractivity contribution in [3.63, 3.8) is 0 Å². The quantitative estimate of drug-likeness (QED) is 0.828. The number of methoxy groups -OCH3 is 1. The smallest absolute Gasteiger partial charge is 0.259 e. The van der Waals surface area contributed by atoms with Gasteiger partial charge in [-0.05, 0) is 35.7 Å². The Balaban J connectivity index is 2.13. The van der Waals surface area contributed by atoms with Gasteiger partial charge in [0.25, 0.3) is 5.91 Å². The summed E-state index contributed by atoms with van der Waals surface area (Å²) in [7, 11) is -2.07. The third-order valence-electron chi connectivity index (χ3n) is 4.35. The van der Waals surface area contributed by atoms with Crippen molar-refractivity contribution in [2.75, 3.05) is 17.9 Å². The molecule has 2 aromatic carbocycles. The van der Waals surface area contributed by atoms with E-state index in [-0.39, 0.29) is 21.9 Å². The van der Waals surface area contributed by atoms with Crippen molar-refractivity contribution in [3.05, 3.63) is 53.1 Å². The van der Waals surface area contributed by atoms with Gasteiger partial charge in [-0.15, -0.1) is 0 Å². The molecule has 0 unspecified atom stereocenters. The fourth-order valence-corrected chi connectivity index (χ4v) is 4.61. The molecule has 0 radical (unpaired) electrons. The maximum absolute atomic E-state index is 13.1. The first-order valence-corrected chi connectivity index (χ1v) is 9.71. The Morgan fingerprint density at radius 2 is 1.96 bits per heavy atom. The number of nitriles is 1. The summed E-state index contributed by atoms with van der Waals surface area (Å²) in [5, 5.41) is 9.42. The minimum atomic E-state index is -3.55. The van der Waals surface area contributed by atoms with E-state index in [1.165, 1.54) is 24.1 Å². The summed E-state index contributed by atoms with van der Waals surface area (Å²) in [4.78, 5) is 14.4. The number of carbonyl (C=O) groups excluding carboxylic acids is 1. The van der Waals surface area contributed by atoms with Gasteiger partial charge in [0.05, 0.1) is 23.3 Å². The van der Waals surface area contributed by atoms with Gasteiger partial charge in [0.15, 0.2) is 9.84 Å². The Hall–Kier alpha value is -2.85. The number of nitrogens with zero attached hydrogens (tertiary/aromatic N) is 2. The Morgan fingerprint density at radius 3 is 2.58 bits per heavy atom. The Kier molecular flexibility index (Phi) is 4.46. The Labute approximate surface area is 152 Å². The normalized spacial score (nSPS) is 14.8. The van der Waals surface area contributed by atoms with Gasteiger partial charge >= 0.3 is 0 Å². The third-order valence-corrected chi connectivity index (χ3v) is 5.96. The molecule has 26 heavy (non-hydrogen) atoms. The van der Waals surface area contributed by atoms with E-state index in [0.717, 1.165) is 5.56 Å². The van der Waals surface area contributed by atoms with Crippen LogP contribution in [-0.4, -0.2) is 27.3 Å². The molecule has 0 bridgehead atoms. The zero-order chi connectivity index (χ0) is 19.1. The number of rotatable bonds is 3. The first kappa shape index (κ1) is 18.0. The molecular formula is C19H18N2O4S. The zero-order valence-corrected chi connectivity index (χ0v) is 15.5. The summed E-state index contributed by atoms with van der Waals surface area (Å²) < 4.78 is 30.0. The lowest BCUT2D eigenvalue weighted by atomic mass is 9.96. The first-order valence-electron chi connectivity index (χ1n) is 8.06. The molecule has 0 spiro atoms. The number of carbonyl (C=O) groups is 1. The van der Waals surface area contributed by atoms with Crippen LogP contribution < -0.4 is 9.64 Å². The highest BCUT2D eigenvalue weighted by atomic mass is 32.2. The second-order valence-electron chi connectivity index (χ2n) is 6.36. The summed E-state index contributed by atoms with van der Waals surface area (Å²) in [6, 6.07) is 11.6. The van der Waals surface area contributed by atoms with Crippen LogP contribution in [-0.2, 0) is 9.84 Å². The second kappa shape index (κ2) is 6.46. The molecule has 0 aromatic heterocycles. The third kappa shape index (κ3) is 2.82. The number of para-hydroxylation sites is 1. The highest BCUT2D eigenvalue weighted by Gasteiger charge is 2.36.